The van der Waals surface area contributed by atoms with E-state index in [1.807, 2.05) is 26.0 Å². The van der Waals surface area contributed by atoms with Gasteiger partial charge in [-0.15, -0.1) is 0 Å². The van der Waals surface area contributed by atoms with Gasteiger partial charge in [0.15, 0.2) is 0 Å². The molecule has 0 aliphatic rings. The Bertz CT molecular complexity index is 626. The Morgan fingerprint density at radius 2 is 1.80 bits per heavy atom. The fraction of sp³-hybridized carbons (Fsp3) is 0.333. The maximum absolute atomic E-state index is 4.49. The fourth-order valence-corrected chi connectivity index (χ4v) is 2.20. The van der Waals surface area contributed by atoms with Crippen molar-refractivity contribution in [2.24, 2.45) is 0 Å². The first-order chi connectivity index (χ1) is 9.51. The molecule has 0 radical (unpaired) electrons. The molecule has 106 valence electrons. The summed E-state index contributed by atoms with van der Waals surface area (Å²) in [5.41, 5.74) is 3.23. The molecule has 0 atom stereocenters. The van der Waals surface area contributed by atoms with Crippen molar-refractivity contribution in [1.29, 1.82) is 0 Å². The molecular formula is C15H19BrN4. The van der Waals surface area contributed by atoms with E-state index in [4.69, 9.17) is 0 Å². The molecule has 2 aromatic rings. The second kappa shape index (κ2) is 6.22. The minimum absolute atomic E-state index is 0.753. The SMILES string of the molecule is CCNc1nc(C)nc(Nc2ccc(Br)c(C)c2)c1C. The number of anilines is 3. The highest BCUT2D eigenvalue weighted by Gasteiger charge is 2.09. The number of benzene rings is 1. The lowest BCUT2D eigenvalue weighted by Crippen LogP contribution is -2.07. The van der Waals surface area contributed by atoms with Gasteiger partial charge in [-0.05, 0) is 51.5 Å². The van der Waals surface area contributed by atoms with Crippen LogP contribution in [-0.2, 0) is 0 Å². The normalized spacial score (nSPS) is 10.4. The van der Waals surface area contributed by atoms with E-state index in [1.54, 1.807) is 0 Å². The third-order valence-corrected chi connectivity index (χ3v) is 3.91. The molecule has 1 aromatic carbocycles. The van der Waals surface area contributed by atoms with Gasteiger partial charge in [0, 0.05) is 22.3 Å². The van der Waals surface area contributed by atoms with E-state index in [9.17, 15) is 0 Å². The molecule has 20 heavy (non-hydrogen) atoms. The number of rotatable bonds is 4. The smallest absolute Gasteiger partial charge is 0.139 e. The third kappa shape index (κ3) is 3.28. The predicted molar refractivity (Wildman–Crippen MR) is 87.8 cm³/mol. The van der Waals surface area contributed by atoms with E-state index < -0.39 is 0 Å². The van der Waals surface area contributed by atoms with Crippen LogP contribution in [0.5, 0.6) is 0 Å². The Kier molecular flexibility index (Phi) is 4.60. The lowest BCUT2D eigenvalue weighted by molar-refractivity contribution is 1.02. The van der Waals surface area contributed by atoms with Crippen molar-refractivity contribution in [2.75, 3.05) is 17.2 Å². The molecule has 2 N–H and O–H groups in total. The number of hydrogen-bond donors (Lipinski definition) is 2. The Hall–Kier alpha value is -1.62. The van der Waals surface area contributed by atoms with E-state index in [-0.39, 0.29) is 0 Å². The molecule has 1 aromatic heterocycles. The molecule has 0 aliphatic heterocycles. The van der Waals surface area contributed by atoms with Gasteiger partial charge >= 0.3 is 0 Å². The lowest BCUT2D eigenvalue weighted by atomic mass is 10.2. The summed E-state index contributed by atoms with van der Waals surface area (Å²) in [5, 5.41) is 6.63. The molecule has 0 bridgehead atoms. The van der Waals surface area contributed by atoms with Gasteiger partial charge < -0.3 is 10.6 Å². The first kappa shape index (κ1) is 14.8. The molecule has 0 unspecified atom stereocenters. The molecule has 0 saturated heterocycles. The summed E-state index contributed by atoms with van der Waals surface area (Å²) < 4.78 is 1.10. The first-order valence-electron chi connectivity index (χ1n) is 6.63. The van der Waals surface area contributed by atoms with E-state index in [0.29, 0.717) is 0 Å². The van der Waals surface area contributed by atoms with Gasteiger partial charge in [-0.25, -0.2) is 9.97 Å². The van der Waals surface area contributed by atoms with Crippen LogP contribution in [0.2, 0.25) is 0 Å². The van der Waals surface area contributed by atoms with Crippen molar-refractivity contribution in [3.63, 3.8) is 0 Å². The Labute approximate surface area is 128 Å². The van der Waals surface area contributed by atoms with Crippen molar-refractivity contribution in [3.05, 3.63) is 39.6 Å². The predicted octanol–water partition coefficient (Wildman–Crippen LogP) is 4.34. The van der Waals surface area contributed by atoms with Crippen molar-refractivity contribution in [2.45, 2.75) is 27.7 Å². The second-order valence-electron chi connectivity index (χ2n) is 4.71. The molecule has 0 saturated carbocycles. The maximum Gasteiger partial charge on any atom is 0.139 e. The van der Waals surface area contributed by atoms with E-state index >= 15 is 0 Å². The standard InChI is InChI=1S/C15H19BrN4/c1-5-17-14-10(3)15(19-11(4)18-14)20-12-6-7-13(16)9(2)8-12/h6-8H,5H2,1-4H3,(H2,17,18,19,20). The zero-order valence-electron chi connectivity index (χ0n) is 12.2. The van der Waals surface area contributed by atoms with Gasteiger partial charge in [0.05, 0.1) is 0 Å². The summed E-state index contributed by atoms with van der Waals surface area (Å²) in [5.74, 6) is 2.48. The zero-order chi connectivity index (χ0) is 14.7. The summed E-state index contributed by atoms with van der Waals surface area (Å²) in [6, 6.07) is 6.15. The van der Waals surface area contributed by atoms with Crippen LogP contribution in [0.15, 0.2) is 22.7 Å². The number of hydrogen-bond acceptors (Lipinski definition) is 4. The van der Waals surface area contributed by atoms with Gasteiger partial charge in [-0.2, -0.15) is 0 Å². The Balaban J connectivity index is 2.35. The minimum Gasteiger partial charge on any atom is -0.370 e. The minimum atomic E-state index is 0.753. The highest BCUT2D eigenvalue weighted by atomic mass is 79.9. The summed E-state index contributed by atoms with van der Waals surface area (Å²) >= 11 is 3.51. The molecule has 0 aliphatic carbocycles. The summed E-state index contributed by atoms with van der Waals surface area (Å²) in [6.45, 7) is 8.89. The number of aryl methyl sites for hydroxylation is 2. The van der Waals surface area contributed by atoms with E-state index in [0.717, 1.165) is 39.7 Å². The highest BCUT2D eigenvalue weighted by Crippen LogP contribution is 2.26. The second-order valence-corrected chi connectivity index (χ2v) is 5.57. The van der Waals surface area contributed by atoms with Gasteiger partial charge in [-0.1, -0.05) is 15.9 Å². The van der Waals surface area contributed by atoms with Crippen molar-refractivity contribution in [1.82, 2.24) is 9.97 Å². The summed E-state index contributed by atoms with van der Waals surface area (Å²) in [4.78, 5) is 8.92. The summed E-state index contributed by atoms with van der Waals surface area (Å²) in [7, 11) is 0. The largest absolute Gasteiger partial charge is 0.370 e. The fourth-order valence-electron chi connectivity index (χ4n) is 1.95. The maximum atomic E-state index is 4.49. The van der Waals surface area contributed by atoms with Gasteiger partial charge in [0.1, 0.15) is 17.5 Å². The molecule has 1 heterocycles. The van der Waals surface area contributed by atoms with Crippen molar-refractivity contribution in [3.8, 4) is 0 Å². The van der Waals surface area contributed by atoms with Crippen LogP contribution in [0.4, 0.5) is 17.3 Å². The summed E-state index contributed by atoms with van der Waals surface area (Å²) in [6.07, 6.45) is 0. The van der Waals surface area contributed by atoms with Crippen LogP contribution in [-0.4, -0.2) is 16.5 Å². The Morgan fingerprint density at radius 3 is 2.45 bits per heavy atom. The van der Waals surface area contributed by atoms with Crippen LogP contribution >= 0.6 is 15.9 Å². The molecule has 0 amide bonds. The van der Waals surface area contributed by atoms with Crippen LogP contribution in [0.3, 0.4) is 0 Å². The topological polar surface area (TPSA) is 49.8 Å². The van der Waals surface area contributed by atoms with Gasteiger partial charge in [0.25, 0.3) is 0 Å². The van der Waals surface area contributed by atoms with E-state index in [2.05, 4.69) is 56.4 Å². The van der Waals surface area contributed by atoms with Gasteiger partial charge in [0.2, 0.25) is 0 Å². The number of aromatic nitrogens is 2. The quantitative estimate of drug-likeness (QED) is 0.873. The first-order valence-corrected chi connectivity index (χ1v) is 7.43. The van der Waals surface area contributed by atoms with Crippen molar-refractivity contribution >= 4 is 33.3 Å². The molecule has 4 nitrogen and oxygen atoms in total. The average molecular weight is 335 g/mol. The monoisotopic (exact) mass is 334 g/mol. The van der Waals surface area contributed by atoms with Crippen LogP contribution in [0, 0.1) is 20.8 Å². The van der Waals surface area contributed by atoms with Crippen LogP contribution in [0.1, 0.15) is 23.9 Å². The molecule has 5 heteroatoms. The average Bonchev–Trinajstić information content (AvgIpc) is 2.39. The van der Waals surface area contributed by atoms with Crippen molar-refractivity contribution < 1.29 is 0 Å². The molecular weight excluding hydrogens is 316 g/mol. The Morgan fingerprint density at radius 1 is 1.10 bits per heavy atom. The zero-order valence-corrected chi connectivity index (χ0v) is 13.8. The molecule has 0 fully saturated rings. The number of halogens is 1. The number of nitrogens with one attached hydrogen (secondary N) is 2. The van der Waals surface area contributed by atoms with Gasteiger partial charge in [-0.3, -0.25) is 0 Å². The lowest BCUT2D eigenvalue weighted by Gasteiger charge is -2.14. The number of nitrogens with zero attached hydrogens (tertiary/aromatic N) is 2. The third-order valence-electron chi connectivity index (χ3n) is 3.02. The molecule has 2 rings (SSSR count). The molecule has 0 spiro atoms. The van der Waals surface area contributed by atoms with E-state index in [1.165, 1.54) is 5.56 Å². The highest BCUT2D eigenvalue weighted by molar-refractivity contribution is 9.10. The van der Waals surface area contributed by atoms with Crippen LogP contribution in [0.25, 0.3) is 0 Å². The van der Waals surface area contributed by atoms with Crippen LogP contribution < -0.4 is 10.6 Å².